The Morgan fingerprint density at radius 1 is 1.24 bits per heavy atom. The summed E-state index contributed by atoms with van der Waals surface area (Å²) < 4.78 is 0. The summed E-state index contributed by atoms with van der Waals surface area (Å²) in [5.74, 6) is 1.32. The van der Waals surface area contributed by atoms with Gasteiger partial charge in [0, 0.05) is 25.6 Å². The SMILES string of the molecule is O[C@@H](c1ccccc1)[C@@H]1CCN2CCCN=C12. The molecule has 0 bridgehead atoms. The molecule has 3 nitrogen and oxygen atoms in total. The van der Waals surface area contributed by atoms with E-state index < -0.39 is 6.10 Å². The summed E-state index contributed by atoms with van der Waals surface area (Å²) in [6.07, 6.45) is 1.77. The highest BCUT2D eigenvalue weighted by molar-refractivity contribution is 5.87. The zero-order valence-electron chi connectivity index (χ0n) is 9.92. The van der Waals surface area contributed by atoms with Crippen molar-refractivity contribution in [3.05, 3.63) is 35.9 Å². The van der Waals surface area contributed by atoms with Crippen LogP contribution in [0.5, 0.6) is 0 Å². The van der Waals surface area contributed by atoms with E-state index in [-0.39, 0.29) is 5.92 Å². The molecule has 2 aliphatic rings. The summed E-state index contributed by atoms with van der Waals surface area (Å²) in [6.45, 7) is 3.08. The maximum atomic E-state index is 10.5. The second kappa shape index (κ2) is 4.49. The summed E-state index contributed by atoms with van der Waals surface area (Å²) in [5, 5.41) is 10.5. The van der Waals surface area contributed by atoms with Crippen molar-refractivity contribution in [2.24, 2.45) is 10.9 Å². The van der Waals surface area contributed by atoms with Crippen LogP contribution in [0.3, 0.4) is 0 Å². The molecule has 0 amide bonds. The van der Waals surface area contributed by atoms with E-state index in [2.05, 4.69) is 9.89 Å². The van der Waals surface area contributed by atoms with Crippen molar-refractivity contribution in [2.75, 3.05) is 19.6 Å². The fourth-order valence-electron chi connectivity index (χ4n) is 2.85. The predicted octanol–water partition coefficient (Wildman–Crippen LogP) is 1.84. The van der Waals surface area contributed by atoms with Crippen LogP contribution in [0.4, 0.5) is 0 Å². The van der Waals surface area contributed by atoms with Gasteiger partial charge in [0.15, 0.2) is 0 Å². The Bertz CT molecular complexity index is 415. The molecule has 1 saturated heterocycles. The number of nitrogens with zero attached hydrogens (tertiary/aromatic N) is 2. The largest absolute Gasteiger partial charge is 0.388 e. The van der Waals surface area contributed by atoms with Crippen LogP contribution in [0.2, 0.25) is 0 Å². The van der Waals surface area contributed by atoms with Gasteiger partial charge >= 0.3 is 0 Å². The Morgan fingerprint density at radius 3 is 2.88 bits per heavy atom. The van der Waals surface area contributed by atoms with Crippen molar-refractivity contribution in [1.82, 2.24) is 4.90 Å². The van der Waals surface area contributed by atoms with Crippen LogP contribution in [0.1, 0.15) is 24.5 Å². The molecule has 0 unspecified atom stereocenters. The predicted molar refractivity (Wildman–Crippen MR) is 68.0 cm³/mol. The maximum absolute atomic E-state index is 10.5. The maximum Gasteiger partial charge on any atom is 0.105 e. The molecule has 3 heteroatoms. The van der Waals surface area contributed by atoms with E-state index >= 15 is 0 Å². The molecule has 2 heterocycles. The number of hydrogen-bond acceptors (Lipinski definition) is 3. The van der Waals surface area contributed by atoms with Gasteiger partial charge in [-0.1, -0.05) is 30.3 Å². The second-order valence-electron chi connectivity index (χ2n) is 4.83. The number of aliphatic imine (C=N–C) groups is 1. The van der Waals surface area contributed by atoms with Gasteiger partial charge in [0.05, 0.1) is 6.10 Å². The summed E-state index contributed by atoms with van der Waals surface area (Å²) >= 11 is 0. The minimum absolute atomic E-state index is 0.192. The normalized spacial score (nSPS) is 25.4. The van der Waals surface area contributed by atoms with Gasteiger partial charge < -0.3 is 10.0 Å². The Morgan fingerprint density at radius 2 is 2.06 bits per heavy atom. The smallest absolute Gasteiger partial charge is 0.105 e. The summed E-state index contributed by atoms with van der Waals surface area (Å²) in [7, 11) is 0. The number of aliphatic hydroxyl groups excluding tert-OH is 1. The lowest BCUT2D eigenvalue weighted by molar-refractivity contribution is 0.141. The van der Waals surface area contributed by atoms with E-state index in [0.717, 1.165) is 43.9 Å². The number of hydrogen-bond donors (Lipinski definition) is 1. The third-order valence-electron chi connectivity index (χ3n) is 3.75. The molecule has 1 fully saturated rings. The lowest BCUT2D eigenvalue weighted by Crippen LogP contribution is -2.34. The van der Waals surface area contributed by atoms with Crippen molar-refractivity contribution >= 4 is 5.84 Å². The standard InChI is InChI=1S/C14H18N2O/c17-13(11-5-2-1-3-6-11)12-7-10-16-9-4-8-15-14(12)16/h1-3,5-6,12-13,17H,4,7-10H2/t12-,13-/m0/s1. The highest BCUT2D eigenvalue weighted by Crippen LogP contribution is 2.33. The molecule has 0 saturated carbocycles. The zero-order valence-corrected chi connectivity index (χ0v) is 9.92. The van der Waals surface area contributed by atoms with E-state index in [0.29, 0.717) is 0 Å². The monoisotopic (exact) mass is 230 g/mol. The van der Waals surface area contributed by atoms with Gasteiger partial charge in [-0.25, -0.2) is 0 Å². The first-order valence-electron chi connectivity index (χ1n) is 6.38. The fourth-order valence-corrected chi connectivity index (χ4v) is 2.85. The number of rotatable bonds is 2. The molecule has 2 aliphatic heterocycles. The Labute approximate surface area is 102 Å². The highest BCUT2D eigenvalue weighted by Gasteiger charge is 2.35. The van der Waals surface area contributed by atoms with Gasteiger partial charge in [-0.3, -0.25) is 4.99 Å². The molecular formula is C14H18N2O. The number of fused-ring (bicyclic) bond motifs is 1. The molecule has 0 radical (unpaired) electrons. The fraction of sp³-hybridized carbons (Fsp3) is 0.500. The first kappa shape index (κ1) is 10.8. The Hall–Kier alpha value is -1.35. The molecule has 0 aliphatic carbocycles. The van der Waals surface area contributed by atoms with Gasteiger partial charge in [0.1, 0.15) is 5.84 Å². The molecule has 17 heavy (non-hydrogen) atoms. The van der Waals surface area contributed by atoms with E-state index in [1.807, 2.05) is 30.3 Å². The van der Waals surface area contributed by atoms with E-state index in [1.54, 1.807) is 0 Å². The topological polar surface area (TPSA) is 35.8 Å². The average molecular weight is 230 g/mol. The van der Waals surface area contributed by atoms with Gasteiger partial charge in [0.2, 0.25) is 0 Å². The van der Waals surface area contributed by atoms with Gasteiger partial charge in [0.25, 0.3) is 0 Å². The van der Waals surface area contributed by atoms with Crippen molar-refractivity contribution in [1.29, 1.82) is 0 Å². The molecule has 0 spiro atoms. The van der Waals surface area contributed by atoms with Crippen molar-refractivity contribution in [2.45, 2.75) is 18.9 Å². The lowest BCUT2D eigenvalue weighted by atomic mass is 9.94. The second-order valence-corrected chi connectivity index (χ2v) is 4.83. The minimum atomic E-state index is -0.405. The van der Waals surface area contributed by atoms with E-state index in [4.69, 9.17) is 0 Å². The molecule has 2 atom stereocenters. The van der Waals surface area contributed by atoms with Crippen LogP contribution in [-0.4, -0.2) is 35.5 Å². The van der Waals surface area contributed by atoms with Gasteiger partial charge in [-0.05, 0) is 18.4 Å². The molecule has 1 N–H and O–H groups in total. The summed E-state index contributed by atoms with van der Waals surface area (Å²) in [5.41, 5.74) is 1.01. The Kier molecular flexibility index (Phi) is 2.85. The van der Waals surface area contributed by atoms with E-state index in [1.165, 1.54) is 0 Å². The van der Waals surface area contributed by atoms with Crippen LogP contribution < -0.4 is 0 Å². The van der Waals surface area contributed by atoms with Gasteiger partial charge in [-0.15, -0.1) is 0 Å². The van der Waals surface area contributed by atoms with Crippen molar-refractivity contribution < 1.29 is 5.11 Å². The molecule has 0 aromatic heterocycles. The lowest BCUT2D eigenvalue weighted by Gasteiger charge is -2.26. The summed E-state index contributed by atoms with van der Waals surface area (Å²) in [4.78, 5) is 6.94. The van der Waals surface area contributed by atoms with Crippen LogP contribution in [0.15, 0.2) is 35.3 Å². The van der Waals surface area contributed by atoms with Crippen LogP contribution in [-0.2, 0) is 0 Å². The molecular weight excluding hydrogens is 212 g/mol. The third-order valence-corrected chi connectivity index (χ3v) is 3.75. The average Bonchev–Trinajstić information content (AvgIpc) is 2.83. The first-order chi connectivity index (χ1) is 8.36. The molecule has 90 valence electrons. The number of amidine groups is 1. The quantitative estimate of drug-likeness (QED) is 0.841. The molecule has 1 aromatic rings. The van der Waals surface area contributed by atoms with Crippen molar-refractivity contribution in [3.8, 4) is 0 Å². The Balaban J connectivity index is 1.83. The summed E-state index contributed by atoms with van der Waals surface area (Å²) in [6, 6.07) is 9.94. The molecule has 1 aromatic carbocycles. The number of aliphatic hydroxyl groups is 1. The van der Waals surface area contributed by atoms with Gasteiger partial charge in [-0.2, -0.15) is 0 Å². The van der Waals surface area contributed by atoms with E-state index in [9.17, 15) is 5.11 Å². The first-order valence-corrected chi connectivity index (χ1v) is 6.38. The minimum Gasteiger partial charge on any atom is -0.388 e. The third kappa shape index (κ3) is 1.95. The van der Waals surface area contributed by atoms with Crippen LogP contribution in [0.25, 0.3) is 0 Å². The van der Waals surface area contributed by atoms with Crippen LogP contribution in [0, 0.1) is 5.92 Å². The van der Waals surface area contributed by atoms with Crippen molar-refractivity contribution in [3.63, 3.8) is 0 Å². The van der Waals surface area contributed by atoms with Crippen LogP contribution >= 0.6 is 0 Å². The molecule has 3 rings (SSSR count). The zero-order chi connectivity index (χ0) is 11.7. The highest BCUT2D eigenvalue weighted by atomic mass is 16.3. The number of benzene rings is 1.